The number of hydrogen-bond donors (Lipinski definition) is 1. The highest BCUT2D eigenvalue weighted by atomic mass is 16.1. The molecule has 1 N–H and O–H groups in total. The lowest BCUT2D eigenvalue weighted by Crippen LogP contribution is -2.25. The van der Waals surface area contributed by atoms with Crippen molar-refractivity contribution in [2.45, 2.75) is 66.3 Å². The fourth-order valence-electron chi connectivity index (χ4n) is 3.29. The SMILES string of the molecule is Cc1cccc(-n2nc(C(C)(C)C)cc2NC(=O)c2cnn(C(C)(C)C)c2C)c1. The normalized spacial score (nSPS) is 12.3. The number of aryl methyl sites for hydroxylation is 1. The molecule has 1 aromatic carbocycles. The van der Waals surface area contributed by atoms with E-state index in [4.69, 9.17) is 5.10 Å². The van der Waals surface area contributed by atoms with Gasteiger partial charge in [-0.05, 0) is 52.3 Å². The molecular formula is C23H31N5O. The van der Waals surface area contributed by atoms with Gasteiger partial charge < -0.3 is 5.32 Å². The zero-order valence-corrected chi connectivity index (χ0v) is 18.7. The summed E-state index contributed by atoms with van der Waals surface area (Å²) in [5.74, 6) is 0.459. The molecule has 0 aliphatic carbocycles. The number of rotatable bonds is 3. The van der Waals surface area contributed by atoms with Crippen LogP contribution in [0.3, 0.4) is 0 Å². The average molecular weight is 394 g/mol. The van der Waals surface area contributed by atoms with Crippen molar-refractivity contribution in [3.8, 4) is 5.69 Å². The monoisotopic (exact) mass is 393 g/mol. The van der Waals surface area contributed by atoms with E-state index in [1.165, 1.54) is 0 Å². The highest BCUT2D eigenvalue weighted by Crippen LogP contribution is 2.27. The number of benzene rings is 1. The maximum Gasteiger partial charge on any atom is 0.260 e. The van der Waals surface area contributed by atoms with Crippen molar-refractivity contribution in [1.29, 1.82) is 0 Å². The summed E-state index contributed by atoms with van der Waals surface area (Å²) < 4.78 is 3.68. The summed E-state index contributed by atoms with van der Waals surface area (Å²) in [7, 11) is 0. The summed E-state index contributed by atoms with van der Waals surface area (Å²) >= 11 is 0. The fraction of sp³-hybridized carbons (Fsp3) is 0.435. The summed E-state index contributed by atoms with van der Waals surface area (Å²) in [5.41, 5.74) is 4.04. The number of nitrogens with one attached hydrogen (secondary N) is 1. The maximum atomic E-state index is 13.1. The second-order valence-corrected chi connectivity index (χ2v) is 9.60. The minimum Gasteiger partial charge on any atom is -0.306 e. The van der Waals surface area contributed by atoms with Gasteiger partial charge in [0.1, 0.15) is 5.82 Å². The Kier molecular flexibility index (Phi) is 5.15. The molecule has 0 radical (unpaired) electrons. The number of carbonyl (C=O) groups is 1. The first kappa shape index (κ1) is 20.8. The Bertz CT molecular complexity index is 1040. The predicted molar refractivity (Wildman–Crippen MR) is 117 cm³/mol. The van der Waals surface area contributed by atoms with E-state index in [1.54, 1.807) is 10.9 Å². The van der Waals surface area contributed by atoms with Crippen LogP contribution in [0.4, 0.5) is 5.82 Å². The quantitative estimate of drug-likeness (QED) is 0.682. The minimum atomic E-state index is -0.189. The fourth-order valence-corrected chi connectivity index (χ4v) is 3.29. The van der Waals surface area contributed by atoms with Gasteiger partial charge in [-0.25, -0.2) is 4.68 Å². The second-order valence-electron chi connectivity index (χ2n) is 9.60. The van der Waals surface area contributed by atoms with E-state index in [-0.39, 0.29) is 16.9 Å². The molecule has 0 aliphatic heterocycles. The average Bonchev–Trinajstić information content (AvgIpc) is 3.18. The van der Waals surface area contributed by atoms with Crippen molar-refractivity contribution in [3.05, 3.63) is 59.0 Å². The van der Waals surface area contributed by atoms with Crippen molar-refractivity contribution in [2.24, 2.45) is 0 Å². The number of aromatic nitrogens is 4. The van der Waals surface area contributed by atoms with Gasteiger partial charge in [0.15, 0.2) is 0 Å². The molecule has 0 fully saturated rings. The molecule has 3 aromatic rings. The molecule has 0 aliphatic rings. The van der Waals surface area contributed by atoms with E-state index < -0.39 is 0 Å². The highest BCUT2D eigenvalue weighted by molar-refractivity contribution is 6.04. The lowest BCUT2D eigenvalue weighted by atomic mass is 9.92. The van der Waals surface area contributed by atoms with E-state index in [2.05, 4.69) is 58.0 Å². The molecule has 0 saturated heterocycles. The second kappa shape index (κ2) is 7.17. The van der Waals surface area contributed by atoms with Crippen LogP contribution in [-0.4, -0.2) is 25.5 Å². The van der Waals surface area contributed by atoms with Crippen LogP contribution in [0, 0.1) is 13.8 Å². The topological polar surface area (TPSA) is 64.7 Å². The van der Waals surface area contributed by atoms with E-state index in [1.807, 2.05) is 42.8 Å². The standard InChI is InChI=1S/C23H31N5O/c1-15-10-9-11-17(12-15)27-20(13-19(26-27)22(3,4)5)25-21(29)18-14-24-28(16(18)2)23(6,7)8/h9-14H,1-8H3,(H,25,29). The lowest BCUT2D eigenvalue weighted by molar-refractivity contribution is 0.102. The molecule has 1 amide bonds. The van der Waals surface area contributed by atoms with Crippen LogP contribution in [0.2, 0.25) is 0 Å². The molecule has 29 heavy (non-hydrogen) atoms. The van der Waals surface area contributed by atoms with Crippen LogP contribution in [-0.2, 0) is 11.0 Å². The smallest absolute Gasteiger partial charge is 0.260 e. The van der Waals surface area contributed by atoms with Crippen molar-refractivity contribution >= 4 is 11.7 Å². The zero-order chi connectivity index (χ0) is 21.6. The van der Waals surface area contributed by atoms with Crippen LogP contribution in [0.25, 0.3) is 5.69 Å². The number of anilines is 1. The number of nitrogens with zero attached hydrogens (tertiary/aromatic N) is 4. The molecule has 154 valence electrons. The van der Waals surface area contributed by atoms with Gasteiger partial charge in [-0.15, -0.1) is 0 Å². The summed E-state index contributed by atoms with van der Waals surface area (Å²) in [4.78, 5) is 13.1. The molecule has 3 rings (SSSR count). The summed E-state index contributed by atoms with van der Waals surface area (Å²) in [6.07, 6.45) is 1.63. The van der Waals surface area contributed by atoms with Gasteiger partial charge in [-0.1, -0.05) is 32.9 Å². The summed E-state index contributed by atoms with van der Waals surface area (Å²) in [5, 5.41) is 12.3. The summed E-state index contributed by atoms with van der Waals surface area (Å²) in [6, 6.07) is 10.0. The Morgan fingerprint density at radius 3 is 2.28 bits per heavy atom. The number of hydrogen-bond acceptors (Lipinski definition) is 3. The van der Waals surface area contributed by atoms with Crippen LogP contribution >= 0.6 is 0 Å². The first-order valence-corrected chi connectivity index (χ1v) is 9.92. The lowest BCUT2D eigenvalue weighted by Gasteiger charge is -2.21. The molecule has 0 bridgehead atoms. The molecular weight excluding hydrogens is 362 g/mol. The van der Waals surface area contributed by atoms with Gasteiger partial charge in [-0.2, -0.15) is 10.2 Å². The van der Waals surface area contributed by atoms with Gasteiger partial charge in [0.25, 0.3) is 5.91 Å². The van der Waals surface area contributed by atoms with Gasteiger partial charge >= 0.3 is 0 Å². The predicted octanol–water partition coefficient (Wildman–Crippen LogP) is 4.99. The first-order chi connectivity index (χ1) is 13.4. The van der Waals surface area contributed by atoms with Crippen molar-refractivity contribution in [2.75, 3.05) is 5.32 Å². The Balaban J connectivity index is 2.01. The largest absolute Gasteiger partial charge is 0.306 e. The third-order valence-corrected chi connectivity index (χ3v) is 4.86. The number of carbonyl (C=O) groups excluding carboxylic acids is 1. The van der Waals surface area contributed by atoms with Crippen molar-refractivity contribution < 1.29 is 4.79 Å². The number of amides is 1. The van der Waals surface area contributed by atoms with Crippen LogP contribution in [0.15, 0.2) is 36.5 Å². The third kappa shape index (κ3) is 4.26. The van der Waals surface area contributed by atoms with Crippen LogP contribution < -0.4 is 5.32 Å². The Hall–Kier alpha value is -2.89. The molecule has 0 atom stereocenters. The molecule has 0 saturated carbocycles. The Morgan fingerprint density at radius 2 is 1.72 bits per heavy atom. The van der Waals surface area contributed by atoms with Gasteiger partial charge in [-0.3, -0.25) is 9.48 Å². The highest BCUT2D eigenvalue weighted by Gasteiger charge is 2.24. The van der Waals surface area contributed by atoms with E-state index in [0.29, 0.717) is 11.4 Å². The molecule has 2 heterocycles. The maximum absolute atomic E-state index is 13.1. The van der Waals surface area contributed by atoms with Gasteiger partial charge in [0, 0.05) is 17.2 Å². The van der Waals surface area contributed by atoms with Crippen molar-refractivity contribution in [3.63, 3.8) is 0 Å². The Labute approximate surface area is 172 Å². The molecule has 0 spiro atoms. The molecule has 2 aromatic heterocycles. The Morgan fingerprint density at radius 1 is 1.03 bits per heavy atom. The third-order valence-electron chi connectivity index (χ3n) is 4.86. The zero-order valence-electron chi connectivity index (χ0n) is 18.7. The van der Waals surface area contributed by atoms with Crippen molar-refractivity contribution in [1.82, 2.24) is 19.6 Å². The van der Waals surface area contributed by atoms with Gasteiger partial charge in [0.05, 0.1) is 28.7 Å². The van der Waals surface area contributed by atoms with Crippen LogP contribution in [0.5, 0.6) is 0 Å². The first-order valence-electron chi connectivity index (χ1n) is 9.92. The van der Waals surface area contributed by atoms with Crippen LogP contribution in [0.1, 0.15) is 68.9 Å². The van der Waals surface area contributed by atoms with Gasteiger partial charge in [0.2, 0.25) is 0 Å². The molecule has 6 heteroatoms. The van der Waals surface area contributed by atoms with E-state index >= 15 is 0 Å². The van der Waals surface area contributed by atoms with E-state index in [9.17, 15) is 4.79 Å². The molecule has 0 unspecified atom stereocenters. The summed E-state index contributed by atoms with van der Waals surface area (Å²) in [6.45, 7) is 16.5. The minimum absolute atomic E-state index is 0.137. The van der Waals surface area contributed by atoms with E-state index in [0.717, 1.165) is 22.6 Å². The molecule has 6 nitrogen and oxygen atoms in total.